The number of benzene rings is 2. The third-order valence-electron chi connectivity index (χ3n) is 4.62. The van der Waals surface area contributed by atoms with Gasteiger partial charge in [-0.1, -0.05) is 24.3 Å². The molecule has 0 bridgehead atoms. The lowest BCUT2D eigenvalue weighted by atomic mass is 10.1. The van der Waals surface area contributed by atoms with E-state index in [1.165, 1.54) is 18.0 Å². The van der Waals surface area contributed by atoms with Gasteiger partial charge in [0.05, 0.1) is 13.3 Å². The number of methoxy groups -OCH3 is 1. The minimum Gasteiger partial charge on any atom is -0.497 e. The summed E-state index contributed by atoms with van der Waals surface area (Å²) in [5.41, 5.74) is 9.50. The quantitative estimate of drug-likeness (QED) is 0.150. The molecule has 14 heteroatoms. The lowest BCUT2D eigenvalue weighted by molar-refractivity contribution is -0.652. The number of anilines is 1. The lowest BCUT2D eigenvalue weighted by Gasteiger charge is -2.06. The molecule has 0 fully saturated rings. The first-order valence-electron chi connectivity index (χ1n) is 9.98. The van der Waals surface area contributed by atoms with Gasteiger partial charge in [0.1, 0.15) is 16.7 Å². The normalized spacial score (nSPS) is 10.9. The number of hydrazone groups is 1. The summed E-state index contributed by atoms with van der Waals surface area (Å²) in [6.07, 6.45) is 1.32. The van der Waals surface area contributed by atoms with Crippen molar-refractivity contribution >= 4 is 23.9 Å². The zero-order valence-electron chi connectivity index (χ0n) is 18.2. The van der Waals surface area contributed by atoms with E-state index in [1.807, 2.05) is 0 Å². The van der Waals surface area contributed by atoms with Gasteiger partial charge in [0.2, 0.25) is 0 Å². The Balaban J connectivity index is 1.64. The summed E-state index contributed by atoms with van der Waals surface area (Å²) >= 11 is 0. The van der Waals surface area contributed by atoms with Crippen LogP contribution in [0.25, 0.3) is 17.1 Å². The fourth-order valence-electron chi connectivity index (χ4n) is 3.07. The molecule has 2 heterocycles. The Kier molecular flexibility index (Phi) is 6.62. The van der Waals surface area contributed by atoms with E-state index in [1.54, 1.807) is 48.5 Å². The van der Waals surface area contributed by atoms with Crippen molar-refractivity contribution in [3.63, 3.8) is 0 Å². The molecule has 4 aromatic rings. The van der Waals surface area contributed by atoms with Gasteiger partial charge in [0.25, 0.3) is 11.5 Å². The minimum absolute atomic E-state index is 0.0225. The van der Waals surface area contributed by atoms with Gasteiger partial charge in [-0.3, -0.25) is 4.79 Å². The van der Waals surface area contributed by atoms with Crippen LogP contribution in [0.4, 0.5) is 5.82 Å². The molecule has 178 valence electrons. The Morgan fingerprint density at radius 1 is 1.26 bits per heavy atom. The van der Waals surface area contributed by atoms with Crippen molar-refractivity contribution in [2.24, 2.45) is 5.10 Å². The number of hydrogen-bond acceptors (Lipinski definition) is 10. The van der Waals surface area contributed by atoms with Crippen LogP contribution < -0.4 is 25.3 Å². The second-order valence-corrected chi connectivity index (χ2v) is 6.87. The fraction of sp³-hybridized carbons (Fsp3) is 0.0952. The van der Waals surface area contributed by atoms with E-state index in [0.29, 0.717) is 22.6 Å². The van der Waals surface area contributed by atoms with Crippen LogP contribution in [0.3, 0.4) is 0 Å². The number of nitrogens with two attached hydrogens (primary N) is 1. The number of amides is 1. The molecule has 4 rings (SSSR count). The number of carbonyl (C=O) groups excluding carboxylic acids is 1. The molecule has 2 aromatic heterocycles. The highest BCUT2D eigenvalue weighted by Crippen LogP contribution is 2.24. The summed E-state index contributed by atoms with van der Waals surface area (Å²) in [5.74, 6) is -0.869. The highest BCUT2D eigenvalue weighted by molar-refractivity contribution is 5.98. The maximum Gasteiger partial charge on any atom is 0.377 e. The average Bonchev–Trinajstić information content (AvgIpc) is 3.49. The van der Waals surface area contributed by atoms with Crippen LogP contribution in [0, 0.1) is 0 Å². The van der Waals surface area contributed by atoms with Gasteiger partial charge in [-0.25, -0.2) is 10.2 Å². The number of aliphatic carboxylic acids is 1. The maximum absolute atomic E-state index is 13.0. The molecule has 0 saturated carbocycles. The number of rotatable bonds is 9. The number of nitrogens with zero attached hydrogens (tertiary/aromatic N) is 5. The lowest BCUT2D eigenvalue weighted by Crippen LogP contribution is -2.37. The molecule has 0 aliphatic carbocycles. The molecular formula is C21H19N8O6+. The van der Waals surface area contributed by atoms with Crippen LogP contribution in [-0.2, 0) is 4.79 Å². The maximum atomic E-state index is 13.0. The summed E-state index contributed by atoms with van der Waals surface area (Å²) in [6, 6.07) is 13.5. The Morgan fingerprint density at radius 3 is 2.83 bits per heavy atom. The third kappa shape index (κ3) is 5.05. The molecule has 0 aliphatic heterocycles. The SMILES string of the molecule is COc1cccc(-c2c(C(=O)N/N=C/c3ccccc3OCC(=O)O)n[nH][n+]2-c2nonc2N)c1. The first-order chi connectivity index (χ1) is 17.0. The average molecular weight is 479 g/mol. The van der Waals surface area contributed by atoms with E-state index < -0.39 is 18.5 Å². The predicted molar refractivity (Wildman–Crippen MR) is 119 cm³/mol. The van der Waals surface area contributed by atoms with Gasteiger partial charge in [0.15, 0.2) is 12.3 Å². The van der Waals surface area contributed by atoms with E-state index in [0.717, 1.165) is 0 Å². The molecule has 0 saturated heterocycles. The van der Waals surface area contributed by atoms with Crippen molar-refractivity contribution in [3.8, 4) is 28.6 Å². The number of carboxylic acids is 1. The van der Waals surface area contributed by atoms with Crippen LogP contribution in [-0.4, -0.2) is 57.5 Å². The van der Waals surface area contributed by atoms with Gasteiger partial charge >= 0.3 is 17.7 Å². The molecule has 0 radical (unpaired) electrons. The second kappa shape index (κ2) is 10.1. The van der Waals surface area contributed by atoms with Crippen LogP contribution in [0.15, 0.2) is 58.3 Å². The van der Waals surface area contributed by atoms with Gasteiger partial charge in [-0.05, 0) is 34.5 Å². The minimum atomic E-state index is -1.12. The van der Waals surface area contributed by atoms with Crippen molar-refractivity contribution in [1.82, 2.24) is 26.1 Å². The zero-order chi connectivity index (χ0) is 24.8. The number of ether oxygens (including phenoxy) is 2. The molecular weight excluding hydrogens is 460 g/mol. The van der Waals surface area contributed by atoms with E-state index in [-0.39, 0.29) is 23.1 Å². The van der Waals surface area contributed by atoms with Gasteiger partial charge in [0, 0.05) is 11.1 Å². The Morgan fingerprint density at radius 2 is 2.09 bits per heavy atom. The summed E-state index contributed by atoms with van der Waals surface area (Å²) < 4.78 is 16.5. The van der Waals surface area contributed by atoms with Crippen LogP contribution in [0.2, 0.25) is 0 Å². The zero-order valence-corrected chi connectivity index (χ0v) is 18.2. The van der Waals surface area contributed by atoms with E-state index in [9.17, 15) is 9.59 Å². The first-order valence-corrected chi connectivity index (χ1v) is 9.98. The Labute approximate surface area is 196 Å². The number of H-pyrrole nitrogens is 1. The number of aromatic nitrogens is 5. The fourth-order valence-corrected chi connectivity index (χ4v) is 3.07. The molecule has 14 nitrogen and oxygen atoms in total. The van der Waals surface area contributed by atoms with Crippen molar-refractivity contribution in [2.45, 2.75) is 0 Å². The number of para-hydroxylation sites is 1. The summed E-state index contributed by atoms with van der Waals surface area (Å²) in [7, 11) is 1.52. The van der Waals surface area contributed by atoms with Crippen LogP contribution in [0.5, 0.6) is 11.5 Å². The van der Waals surface area contributed by atoms with Crippen LogP contribution >= 0.6 is 0 Å². The number of aromatic amines is 1. The molecule has 2 aromatic carbocycles. The summed E-state index contributed by atoms with van der Waals surface area (Å²) in [6.45, 7) is -0.519. The Hall–Kier alpha value is -5.27. The highest BCUT2D eigenvalue weighted by atomic mass is 16.6. The summed E-state index contributed by atoms with van der Waals surface area (Å²) in [5, 5.41) is 26.9. The van der Waals surface area contributed by atoms with Gasteiger partial charge in [-0.2, -0.15) is 9.73 Å². The third-order valence-corrected chi connectivity index (χ3v) is 4.62. The molecule has 35 heavy (non-hydrogen) atoms. The van der Waals surface area contributed by atoms with Crippen molar-refractivity contribution in [2.75, 3.05) is 19.5 Å². The molecule has 0 unspecified atom stereocenters. The van der Waals surface area contributed by atoms with Gasteiger partial charge < -0.3 is 20.3 Å². The highest BCUT2D eigenvalue weighted by Gasteiger charge is 2.31. The largest absolute Gasteiger partial charge is 0.497 e. The number of hydrogen-bond donors (Lipinski definition) is 4. The molecule has 0 atom stereocenters. The number of nitrogens with one attached hydrogen (secondary N) is 2. The second-order valence-electron chi connectivity index (χ2n) is 6.87. The Bertz CT molecular complexity index is 1400. The monoisotopic (exact) mass is 479 g/mol. The molecule has 0 spiro atoms. The van der Waals surface area contributed by atoms with Crippen molar-refractivity contribution in [1.29, 1.82) is 0 Å². The van der Waals surface area contributed by atoms with E-state index >= 15 is 0 Å². The topological polar surface area (TPSA) is 195 Å². The number of carboxylic acid groups (broad SMARTS) is 1. The van der Waals surface area contributed by atoms with Gasteiger partial charge in [-0.15, -0.1) is 9.90 Å². The van der Waals surface area contributed by atoms with Crippen molar-refractivity contribution < 1.29 is 33.5 Å². The molecule has 1 amide bonds. The smallest absolute Gasteiger partial charge is 0.377 e. The number of carbonyl (C=O) groups is 2. The predicted octanol–water partition coefficient (Wildman–Crippen LogP) is 0.555. The van der Waals surface area contributed by atoms with Crippen molar-refractivity contribution in [3.05, 3.63) is 59.8 Å². The number of nitrogen functional groups attached to an aromatic ring is 1. The van der Waals surface area contributed by atoms with E-state index in [2.05, 4.69) is 35.8 Å². The standard InChI is InChI=1S/C21H18N8O6/c1-33-14-7-4-6-12(9-14)18-17(24-28-29(18)20-19(22)26-35-27-20)21(32)25-23-10-13-5-2-3-8-15(13)34-11-16(30)31/h2-10H,11H2,1H3,(H4,22,25,26,30,31,32)/p+1/b23-10+. The molecule has 5 N–H and O–H groups in total. The van der Waals surface area contributed by atoms with E-state index in [4.69, 9.17) is 20.3 Å². The summed E-state index contributed by atoms with van der Waals surface area (Å²) in [4.78, 5) is 23.8. The molecule has 0 aliphatic rings. The van der Waals surface area contributed by atoms with Crippen LogP contribution in [0.1, 0.15) is 16.1 Å². The first kappa shape index (κ1) is 22.9.